The Bertz CT molecular complexity index is 887. The summed E-state index contributed by atoms with van der Waals surface area (Å²) in [5.74, 6) is -1.33. The van der Waals surface area contributed by atoms with E-state index >= 15 is 0 Å². The molecule has 2 rings (SSSR count). The summed E-state index contributed by atoms with van der Waals surface area (Å²) in [4.78, 5) is 23.7. The van der Waals surface area contributed by atoms with Gasteiger partial charge in [-0.2, -0.15) is 5.10 Å². The van der Waals surface area contributed by atoms with Gasteiger partial charge in [0.05, 0.1) is 22.8 Å². The number of nitrogens with one attached hydrogen (secondary N) is 2. The number of aromatic hydroxyl groups is 2. The van der Waals surface area contributed by atoms with E-state index in [0.29, 0.717) is 14.5 Å². The molecule has 2 aromatic carbocycles. The zero-order valence-corrected chi connectivity index (χ0v) is 17.7. The molecule has 2 aromatic rings. The minimum atomic E-state index is -0.543. The number of rotatable bonds is 5. The highest BCUT2D eigenvalue weighted by atomic mass is 79.9. The molecule has 0 aromatic heterocycles. The summed E-state index contributed by atoms with van der Waals surface area (Å²) in [5, 5.41) is 25.7. The summed E-state index contributed by atoms with van der Waals surface area (Å²) in [6.07, 6.45) is 1.21. The van der Waals surface area contributed by atoms with Crippen LogP contribution < -0.4 is 10.7 Å². The molecule has 0 atom stereocenters. The third kappa shape index (κ3) is 5.05. The van der Waals surface area contributed by atoms with Gasteiger partial charge in [0.2, 0.25) is 0 Å². The van der Waals surface area contributed by atoms with Crippen LogP contribution in [0.1, 0.15) is 15.9 Å². The number of carbonyl (C=O) groups excluding carboxylic acids is 2. The average molecular weight is 550 g/mol. The summed E-state index contributed by atoms with van der Waals surface area (Å²) in [6, 6.07) is 8.26. The van der Waals surface area contributed by atoms with Crippen molar-refractivity contribution in [2.75, 3.05) is 6.54 Å². The highest BCUT2D eigenvalue weighted by Gasteiger charge is 2.13. The van der Waals surface area contributed by atoms with E-state index in [0.717, 1.165) is 0 Å². The van der Waals surface area contributed by atoms with Crippen LogP contribution in [0.3, 0.4) is 0 Å². The number of hydrogen-bond acceptors (Lipinski definition) is 5. The maximum Gasteiger partial charge on any atom is 0.259 e. The van der Waals surface area contributed by atoms with Crippen molar-refractivity contribution in [1.82, 2.24) is 10.7 Å². The van der Waals surface area contributed by atoms with Gasteiger partial charge in [0, 0.05) is 10.0 Å². The van der Waals surface area contributed by atoms with E-state index in [4.69, 9.17) is 0 Å². The third-order valence-corrected chi connectivity index (χ3v) is 5.17. The van der Waals surface area contributed by atoms with E-state index in [1.807, 2.05) is 0 Å². The molecule has 26 heavy (non-hydrogen) atoms. The van der Waals surface area contributed by atoms with Crippen molar-refractivity contribution < 1.29 is 19.8 Å². The first-order chi connectivity index (χ1) is 12.3. The minimum absolute atomic E-state index is 0.0975. The van der Waals surface area contributed by atoms with Gasteiger partial charge < -0.3 is 15.5 Å². The summed E-state index contributed by atoms with van der Waals surface area (Å²) < 4.78 is 1.06. The molecule has 0 radical (unpaired) electrons. The van der Waals surface area contributed by atoms with Crippen LogP contribution in [0.2, 0.25) is 0 Å². The van der Waals surface area contributed by atoms with E-state index in [-0.39, 0.29) is 28.1 Å². The van der Waals surface area contributed by atoms with E-state index < -0.39 is 11.8 Å². The van der Waals surface area contributed by atoms with Crippen molar-refractivity contribution in [3.05, 3.63) is 54.9 Å². The molecule has 7 nitrogen and oxygen atoms in total. The van der Waals surface area contributed by atoms with Crippen LogP contribution in [0.15, 0.2) is 48.9 Å². The second kappa shape index (κ2) is 9.15. The summed E-state index contributed by atoms with van der Waals surface area (Å²) in [5.41, 5.74) is 2.91. The van der Waals surface area contributed by atoms with Crippen LogP contribution in [-0.2, 0) is 4.79 Å². The normalized spacial score (nSPS) is 10.7. The molecule has 0 heterocycles. The number of phenols is 2. The van der Waals surface area contributed by atoms with Crippen molar-refractivity contribution in [2.24, 2.45) is 5.10 Å². The zero-order valence-electron chi connectivity index (χ0n) is 13.0. The Morgan fingerprint density at radius 2 is 1.77 bits per heavy atom. The zero-order chi connectivity index (χ0) is 19.3. The number of nitrogens with zero attached hydrogens (tertiary/aromatic N) is 1. The fourth-order valence-corrected chi connectivity index (χ4v) is 3.45. The maximum absolute atomic E-state index is 12.0. The summed E-state index contributed by atoms with van der Waals surface area (Å²) >= 11 is 9.43. The minimum Gasteiger partial charge on any atom is -0.506 e. The molecule has 0 aliphatic carbocycles. The molecule has 10 heteroatoms. The first kappa shape index (κ1) is 20.4. The smallest absolute Gasteiger partial charge is 0.259 e. The van der Waals surface area contributed by atoms with Gasteiger partial charge >= 0.3 is 0 Å². The predicted molar refractivity (Wildman–Crippen MR) is 107 cm³/mol. The lowest BCUT2D eigenvalue weighted by atomic mass is 10.2. The second-order valence-electron chi connectivity index (χ2n) is 4.91. The first-order valence-corrected chi connectivity index (χ1v) is 9.43. The van der Waals surface area contributed by atoms with Gasteiger partial charge in [-0.05, 0) is 66.0 Å². The van der Waals surface area contributed by atoms with Gasteiger partial charge in [-0.25, -0.2) is 5.43 Å². The summed E-state index contributed by atoms with van der Waals surface area (Å²) in [6.45, 7) is -0.271. The van der Waals surface area contributed by atoms with Crippen LogP contribution in [0, 0.1) is 0 Å². The largest absolute Gasteiger partial charge is 0.506 e. The Morgan fingerprint density at radius 3 is 2.46 bits per heavy atom. The fourth-order valence-electron chi connectivity index (χ4n) is 1.83. The Kier molecular flexibility index (Phi) is 7.18. The molecule has 136 valence electrons. The van der Waals surface area contributed by atoms with Crippen LogP contribution in [0.5, 0.6) is 11.5 Å². The number of amides is 2. The second-order valence-corrected chi connectivity index (χ2v) is 7.42. The molecule has 0 saturated carbocycles. The van der Waals surface area contributed by atoms with Gasteiger partial charge in [-0.15, -0.1) is 0 Å². The molecule has 0 fully saturated rings. The SMILES string of the molecule is O=C(CNC(=O)c1ccccc1Br)N/N=C/c1cc(Br)c(O)c(Br)c1O. The molecule has 4 N–H and O–H groups in total. The molecule has 0 saturated heterocycles. The maximum atomic E-state index is 12.0. The van der Waals surface area contributed by atoms with Crippen molar-refractivity contribution in [3.8, 4) is 11.5 Å². The lowest BCUT2D eigenvalue weighted by molar-refractivity contribution is -0.120. The number of benzene rings is 2. The van der Waals surface area contributed by atoms with Crippen molar-refractivity contribution >= 4 is 65.8 Å². The Hall–Kier alpha value is -1.91. The molecular weight excluding hydrogens is 538 g/mol. The van der Waals surface area contributed by atoms with Gasteiger partial charge in [-0.1, -0.05) is 12.1 Å². The van der Waals surface area contributed by atoms with Crippen molar-refractivity contribution in [2.45, 2.75) is 0 Å². The Labute approximate surface area is 173 Å². The van der Waals surface area contributed by atoms with Crippen molar-refractivity contribution in [3.63, 3.8) is 0 Å². The number of hydrazone groups is 1. The molecule has 0 unspecified atom stereocenters. The molecule has 0 aliphatic heterocycles. The molecule has 0 aliphatic rings. The molecule has 0 spiro atoms. The van der Waals surface area contributed by atoms with Crippen LogP contribution in [0.25, 0.3) is 0 Å². The van der Waals surface area contributed by atoms with E-state index in [9.17, 15) is 19.8 Å². The Morgan fingerprint density at radius 1 is 1.08 bits per heavy atom. The number of phenolic OH excluding ortho intramolecular Hbond substituents is 2. The standard InChI is InChI=1S/C16H12Br3N3O4/c17-10-4-2-1-3-9(10)16(26)20-7-12(23)22-21-6-8-5-11(18)15(25)13(19)14(8)24/h1-6,24-25H,7H2,(H,20,26)(H,22,23)/b21-6+. The average Bonchev–Trinajstić information content (AvgIpc) is 2.62. The lowest BCUT2D eigenvalue weighted by Crippen LogP contribution is -2.35. The number of hydrogen-bond donors (Lipinski definition) is 4. The van der Waals surface area contributed by atoms with Crippen LogP contribution in [0.4, 0.5) is 0 Å². The highest BCUT2D eigenvalue weighted by molar-refractivity contribution is 9.11. The number of carbonyl (C=O) groups is 2. The van der Waals surface area contributed by atoms with E-state index in [2.05, 4.69) is 63.6 Å². The predicted octanol–water partition coefficient (Wildman–Crippen LogP) is 3.27. The quantitative estimate of drug-likeness (QED) is 0.339. The monoisotopic (exact) mass is 547 g/mol. The van der Waals surface area contributed by atoms with E-state index in [1.54, 1.807) is 24.3 Å². The highest BCUT2D eigenvalue weighted by Crippen LogP contribution is 2.40. The topological polar surface area (TPSA) is 111 Å². The summed E-state index contributed by atoms with van der Waals surface area (Å²) in [7, 11) is 0. The van der Waals surface area contributed by atoms with Gasteiger partial charge in [-0.3, -0.25) is 9.59 Å². The number of halogens is 3. The van der Waals surface area contributed by atoms with Gasteiger partial charge in [0.25, 0.3) is 11.8 Å². The fraction of sp³-hybridized carbons (Fsp3) is 0.0625. The van der Waals surface area contributed by atoms with Gasteiger partial charge in [0.1, 0.15) is 16.0 Å². The van der Waals surface area contributed by atoms with Crippen LogP contribution in [-0.4, -0.2) is 34.8 Å². The van der Waals surface area contributed by atoms with Crippen LogP contribution >= 0.6 is 47.8 Å². The molecule has 2 amide bonds. The third-order valence-electron chi connectivity index (χ3n) is 3.12. The van der Waals surface area contributed by atoms with E-state index in [1.165, 1.54) is 12.3 Å². The molecule has 0 bridgehead atoms. The van der Waals surface area contributed by atoms with Crippen molar-refractivity contribution in [1.29, 1.82) is 0 Å². The van der Waals surface area contributed by atoms with Gasteiger partial charge in [0.15, 0.2) is 0 Å². The Balaban J connectivity index is 1.92. The first-order valence-electron chi connectivity index (χ1n) is 7.05. The molecular formula is C16H12Br3N3O4. The lowest BCUT2D eigenvalue weighted by Gasteiger charge is -2.07.